The molecule has 0 fully saturated rings. The minimum absolute atomic E-state index is 0.393. The van der Waals surface area contributed by atoms with Crippen molar-refractivity contribution >= 4 is 11.3 Å². The van der Waals surface area contributed by atoms with E-state index in [1.54, 1.807) is 23.8 Å². The number of nitrogens with zero attached hydrogens (tertiary/aromatic N) is 3. The van der Waals surface area contributed by atoms with Gasteiger partial charge in [0, 0.05) is 18.9 Å². The Bertz CT molecular complexity index is 463. The third kappa shape index (κ3) is 2.07. The van der Waals surface area contributed by atoms with Gasteiger partial charge in [0.15, 0.2) is 5.82 Å². The molecule has 2 rings (SSSR count). The summed E-state index contributed by atoms with van der Waals surface area (Å²) in [6.07, 6.45) is 3.09. The van der Waals surface area contributed by atoms with Crippen LogP contribution in [0.4, 0.5) is 5.82 Å². The van der Waals surface area contributed by atoms with E-state index in [0.29, 0.717) is 6.54 Å². The van der Waals surface area contributed by atoms with Crippen LogP contribution in [0.2, 0.25) is 0 Å². The SMILES string of the molecule is Cc1cc2c(NCC(C)O)nccn2n1. The summed E-state index contributed by atoms with van der Waals surface area (Å²) in [4.78, 5) is 4.21. The molecule has 5 heteroatoms. The smallest absolute Gasteiger partial charge is 0.152 e. The van der Waals surface area contributed by atoms with Crippen molar-refractivity contribution < 1.29 is 5.11 Å². The Morgan fingerprint density at radius 3 is 3.13 bits per heavy atom. The van der Waals surface area contributed by atoms with E-state index in [4.69, 9.17) is 0 Å². The molecule has 0 saturated carbocycles. The van der Waals surface area contributed by atoms with Crippen molar-refractivity contribution in [2.75, 3.05) is 11.9 Å². The van der Waals surface area contributed by atoms with Gasteiger partial charge >= 0.3 is 0 Å². The Kier molecular flexibility index (Phi) is 2.55. The summed E-state index contributed by atoms with van der Waals surface area (Å²) in [5.74, 6) is 0.749. The van der Waals surface area contributed by atoms with Gasteiger partial charge in [0.05, 0.1) is 11.8 Å². The van der Waals surface area contributed by atoms with Crippen molar-refractivity contribution in [3.8, 4) is 0 Å². The van der Waals surface area contributed by atoms with Gasteiger partial charge in [0.1, 0.15) is 5.52 Å². The van der Waals surface area contributed by atoms with Crippen molar-refractivity contribution in [2.45, 2.75) is 20.0 Å². The van der Waals surface area contributed by atoms with Crippen LogP contribution in [0.15, 0.2) is 18.5 Å². The van der Waals surface area contributed by atoms with Crippen LogP contribution in [0.25, 0.3) is 5.52 Å². The van der Waals surface area contributed by atoms with Crippen LogP contribution in [0.5, 0.6) is 0 Å². The van der Waals surface area contributed by atoms with Crippen LogP contribution in [-0.2, 0) is 0 Å². The standard InChI is InChI=1S/C10H14N4O/c1-7-5-9-10(12-6-8(2)15)11-3-4-14(9)13-7/h3-5,8,15H,6H2,1-2H3,(H,11,12). The number of nitrogens with one attached hydrogen (secondary N) is 1. The molecule has 0 saturated heterocycles. The minimum Gasteiger partial charge on any atom is -0.392 e. The lowest BCUT2D eigenvalue weighted by Gasteiger charge is -2.08. The topological polar surface area (TPSA) is 62.5 Å². The maximum Gasteiger partial charge on any atom is 0.152 e. The molecule has 1 atom stereocenters. The highest BCUT2D eigenvalue weighted by Crippen LogP contribution is 2.14. The number of aromatic nitrogens is 3. The van der Waals surface area contributed by atoms with Crippen molar-refractivity contribution in [3.05, 3.63) is 24.2 Å². The molecule has 0 aliphatic rings. The first-order valence-electron chi connectivity index (χ1n) is 4.90. The monoisotopic (exact) mass is 206 g/mol. The van der Waals surface area contributed by atoms with Crippen molar-refractivity contribution in [1.82, 2.24) is 14.6 Å². The lowest BCUT2D eigenvalue weighted by atomic mass is 10.3. The summed E-state index contributed by atoms with van der Waals surface area (Å²) >= 11 is 0. The molecule has 0 radical (unpaired) electrons. The fourth-order valence-electron chi connectivity index (χ4n) is 1.42. The first kappa shape index (κ1) is 9.92. The number of aryl methyl sites for hydroxylation is 1. The van der Waals surface area contributed by atoms with Crippen LogP contribution in [-0.4, -0.2) is 32.4 Å². The maximum absolute atomic E-state index is 9.18. The van der Waals surface area contributed by atoms with Crippen LogP contribution in [0.3, 0.4) is 0 Å². The van der Waals surface area contributed by atoms with Crippen LogP contribution >= 0.6 is 0 Å². The Labute approximate surface area is 87.8 Å². The molecule has 2 aromatic heterocycles. The zero-order chi connectivity index (χ0) is 10.8. The third-order valence-electron chi connectivity index (χ3n) is 2.08. The Morgan fingerprint density at radius 2 is 2.40 bits per heavy atom. The second kappa shape index (κ2) is 3.86. The molecular weight excluding hydrogens is 192 g/mol. The minimum atomic E-state index is -0.393. The van der Waals surface area contributed by atoms with E-state index in [-0.39, 0.29) is 0 Å². The van der Waals surface area contributed by atoms with E-state index in [1.165, 1.54) is 0 Å². The van der Waals surface area contributed by atoms with Gasteiger partial charge in [-0.2, -0.15) is 5.10 Å². The van der Waals surface area contributed by atoms with Gasteiger partial charge in [-0.3, -0.25) is 0 Å². The van der Waals surface area contributed by atoms with E-state index < -0.39 is 6.10 Å². The molecule has 5 nitrogen and oxygen atoms in total. The van der Waals surface area contributed by atoms with Gasteiger partial charge in [0.2, 0.25) is 0 Å². The molecule has 0 aliphatic heterocycles. The second-order valence-electron chi connectivity index (χ2n) is 3.62. The number of fused-ring (bicyclic) bond motifs is 1. The highest BCUT2D eigenvalue weighted by molar-refractivity contribution is 5.67. The number of aliphatic hydroxyl groups excluding tert-OH is 1. The Balaban J connectivity index is 2.33. The van der Waals surface area contributed by atoms with E-state index in [2.05, 4.69) is 15.4 Å². The van der Waals surface area contributed by atoms with Gasteiger partial charge in [-0.1, -0.05) is 0 Å². The Hall–Kier alpha value is -1.62. The predicted octanol–water partition coefficient (Wildman–Crippen LogP) is 0.830. The summed E-state index contributed by atoms with van der Waals surface area (Å²) in [6, 6.07) is 1.96. The van der Waals surface area contributed by atoms with Gasteiger partial charge in [-0.05, 0) is 19.9 Å². The number of aliphatic hydroxyl groups is 1. The number of hydrogen-bond acceptors (Lipinski definition) is 4. The molecular formula is C10H14N4O. The quantitative estimate of drug-likeness (QED) is 0.780. The van der Waals surface area contributed by atoms with E-state index in [9.17, 15) is 5.11 Å². The summed E-state index contributed by atoms with van der Waals surface area (Å²) < 4.78 is 1.77. The first-order chi connectivity index (χ1) is 7.16. The summed E-state index contributed by atoms with van der Waals surface area (Å²) in [5.41, 5.74) is 1.87. The molecule has 0 amide bonds. The molecule has 2 heterocycles. The largest absolute Gasteiger partial charge is 0.392 e. The molecule has 15 heavy (non-hydrogen) atoms. The van der Waals surface area contributed by atoms with Crippen LogP contribution < -0.4 is 5.32 Å². The number of rotatable bonds is 3. The average molecular weight is 206 g/mol. The second-order valence-corrected chi connectivity index (χ2v) is 3.62. The highest BCUT2D eigenvalue weighted by Gasteiger charge is 2.05. The van der Waals surface area contributed by atoms with Crippen molar-refractivity contribution in [1.29, 1.82) is 0 Å². The normalized spacial score (nSPS) is 13.0. The molecule has 80 valence electrons. The summed E-state index contributed by atoms with van der Waals surface area (Å²) in [7, 11) is 0. The molecule has 0 aliphatic carbocycles. The van der Waals surface area contributed by atoms with E-state index >= 15 is 0 Å². The van der Waals surface area contributed by atoms with E-state index in [1.807, 2.05) is 13.0 Å². The van der Waals surface area contributed by atoms with Crippen molar-refractivity contribution in [3.63, 3.8) is 0 Å². The van der Waals surface area contributed by atoms with Crippen LogP contribution in [0, 0.1) is 6.92 Å². The first-order valence-corrected chi connectivity index (χ1v) is 4.90. The molecule has 0 bridgehead atoms. The Morgan fingerprint density at radius 1 is 1.60 bits per heavy atom. The lowest BCUT2D eigenvalue weighted by molar-refractivity contribution is 0.208. The van der Waals surface area contributed by atoms with Crippen LogP contribution in [0.1, 0.15) is 12.6 Å². The fraction of sp³-hybridized carbons (Fsp3) is 0.400. The summed E-state index contributed by atoms with van der Waals surface area (Å²) in [5, 5.41) is 16.5. The molecule has 1 unspecified atom stereocenters. The lowest BCUT2D eigenvalue weighted by Crippen LogP contribution is -2.16. The zero-order valence-electron chi connectivity index (χ0n) is 8.81. The number of hydrogen-bond donors (Lipinski definition) is 2. The van der Waals surface area contributed by atoms with Gasteiger partial charge in [0.25, 0.3) is 0 Å². The van der Waals surface area contributed by atoms with Gasteiger partial charge < -0.3 is 10.4 Å². The predicted molar refractivity (Wildman–Crippen MR) is 57.9 cm³/mol. The van der Waals surface area contributed by atoms with E-state index in [0.717, 1.165) is 17.0 Å². The van der Waals surface area contributed by atoms with Gasteiger partial charge in [-0.15, -0.1) is 0 Å². The fourth-order valence-corrected chi connectivity index (χ4v) is 1.42. The highest BCUT2D eigenvalue weighted by atomic mass is 16.3. The molecule has 0 spiro atoms. The number of anilines is 1. The zero-order valence-corrected chi connectivity index (χ0v) is 8.81. The third-order valence-corrected chi connectivity index (χ3v) is 2.08. The van der Waals surface area contributed by atoms with Gasteiger partial charge in [-0.25, -0.2) is 9.50 Å². The molecule has 2 aromatic rings. The average Bonchev–Trinajstić information content (AvgIpc) is 2.55. The summed E-state index contributed by atoms with van der Waals surface area (Å²) in [6.45, 7) is 4.15. The molecule has 2 N–H and O–H groups in total. The maximum atomic E-state index is 9.18. The molecule has 0 aromatic carbocycles. The van der Waals surface area contributed by atoms with Crippen molar-refractivity contribution in [2.24, 2.45) is 0 Å².